The molecule has 0 aromatic carbocycles. The number of carbonyl (C=O) groups excluding carboxylic acids is 1. The normalized spacial score (nSPS) is 19.2. The number of esters is 1. The van der Waals surface area contributed by atoms with E-state index in [1.807, 2.05) is 0 Å². The Hall–Kier alpha value is -0.660. The molecule has 100 valence electrons. The maximum absolute atomic E-state index is 11.7. The van der Waals surface area contributed by atoms with Crippen molar-refractivity contribution in [2.75, 3.05) is 26.2 Å². The maximum atomic E-state index is 11.7. The molecule has 0 saturated carbocycles. The van der Waals surface area contributed by atoms with Crippen LogP contribution in [0.2, 0.25) is 0 Å². The van der Waals surface area contributed by atoms with E-state index in [1.54, 1.807) is 13.8 Å². The summed E-state index contributed by atoms with van der Waals surface area (Å²) < 4.78 is 32.1. The van der Waals surface area contributed by atoms with E-state index in [4.69, 9.17) is 4.74 Å². The molecule has 6 nitrogen and oxygen atoms in total. The van der Waals surface area contributed by atoms with Crippen LogP contribution in [0.4, 0.5) is 0 Å². The molecule has 1 aliphatic rings. The summed E-state index contributed by atoms with van der Waals surface area (Å²) in [7, 11) is -3.36. The highest BCUT2D eigenvalue weighted by Gasteiger charge is 2.31. The molecular formula is C10H20N2O4S. The lowest BCUT2D eigenvalue weighted by atomic mass is 9.98. The van der Waals surface area contributed by atoms with Crippen molar-refractivity contribution >= 4 is 16.2 Å². The van der Waals surface area contributed by atoms with Gasteiger partial charge in [0.15, 0.2) is 0 Å². The third kappa shape index (κ3) is 3.93. The minimum Gasteiger partial charge on any atom is -0.466 e. The average molecular weight is 264 g/mol. The molecule has 0 bridgehead atoms. The Morgan fingerprint density at radius 3 is 2.41 bits per heavy atom. The van der Waals surface area contributed by atoms with Gasteiger partial charge in [-0.2, -0.15) is 12.7 Å². The first-order valence-electron chi connectivity index (χ1n) is 5.92. The number of piperidine rings is 1. The molecule has 0 aromatic heterocycles. The number of hydrogen-bond donors (Lipinski definition) is 1. The van der Waals surface area contributed by atoms with E-state index >= 15 is 0 Å². The van der Waals surface area contributed by atoms with Crippen molar-refractivity contribution in [1.82, 2.24) is 9.03 Å². The van der Waals surface area contributed by atoms with Gasteiger partial charge in [0.2, 0.25) is 0 Å². The third-order valence-corrected chi connectivity index (χ3v) is 4.44. The Labute approximate surface area is 102 Å². The Morgan fingerprint density at radius 2 is 1.94 bits per heavy atom. The minimum atomic E-state index is -3.36. The SMILES string of the molecule is CCNS(=O)(=O)N1CCC(C(=O)OCC)CC1. The van der Waals surface area contributed by atoms with Crippen LogP contribution in [0.15, 0.2) is 0 Å². The topological polar surface area (TPSA) is 75.7 Å². The van der Waals surface area contributed by atoms with Gasteiger partial charge in [-0.15, -0.1) is 0 Å². The Morgan fingerprint density at radius 1 is 1.35 bits per heavy atom. The summed E-state index contributed by atoms with van der Waals surface area (Å²) in [4.78, 5) is 11.5. The highest BCUT2D eigenvalue weighted by molar-refractivity contribution is 7.87. The van der Waals surface area contributed by atoms with Crippen LogP contribution in [0, 0.1) is 5.92 Å². The van der Waals surface area contributed by atoms with Gasteiger partial charge in [-0.3, -0.25) is 4.79 Å². The van der Waals surface area contributed by atoms with Gasteiger partial charge in [0.05, 0.1) is 12.5 Å². The van der Waals surface area contributed by atoms with Crippen molar-refractivity contribution in [3.63, 3.8) is 0 Å². The summed E-state index contributed by atoms with van der Waals surface area (Å²) in [5, 5.41) is 0. The molecule has 1 fully saturated rings. The minimum absolute atomic E-state index is 0.164. The largest absolute Gasteiger partial charge is 0.466 e. The first kappa shape index (κ1) is 14.4. The molecule has 0 spiro atoms. The summed E-state index contributed by atoms with van der Waals surface area (Å²) in [6, 6.07) is 0. The van der Waals surface area contributed by atoms with E-state index in [0.717, 1.165) is 0 Å². The van der Waals surface area contributed by atoms with E-state index in [0.29, 0.717) is 39.1 Å². The van der Waals surface area contributed by atoms with Gasteiger partial charge >= 0.3 is 5.97 Å². The highest BCUT2D eigenvalue weighted by atomic mass is 32.2. The number of hydrogen-bond acceptors (Lipinski definition) is 4. The Balaban J connectivity index is 2.48. The van der Waals surface area contributed by atoms with E-state index in [2.05, 4.69) is 4.72 Å². The van der Waals surface area contributed by atoms with E-state index < -0.39 is 10.2 Å². The number of rotatable bonds is 5. The zero-order valence-corrected chi connectivity index (χ0v) is 11.1. The molecule has 1 aliphatic heterocycles. The quantitative estimate of drug-likeness (QED) is 0.715. The van der Waals surface area contributed by atoms with Gasteiger partial charge in [0.25, 0.3) is 10.2 Å². The highest BCUT2D eigenvalue weighted by Crippen LogP contribution is 2.20. The second kappa shape index (κ2) is 6.32. The number of ether oxygens (including phenoxy) is 1. The second-order valence-corrected chi connectivity index (χ2v) is 5.68. The number of carbonyl (C=O) groups is 1. The van der Waals surface area contributed by atoms with Gasteiger partial charge in [-0.1, -0.05) is 6.92 Å². The van der Waals surface area contributed by atoms with E-state index in [1.165, 1.54) is 4.31 Å². The molecule has 7 heteroatoms. The van der Waals surface area contributed by atoms with Gasteiger partial charge in [0, 0.05) is 19.6 Å². The van der Waals surface area contributed by atoms with Gasteiger partial charge in [-0.05, 0) is 19.8 Å². The van der Waals surface area contributed by atoms with Crippen LogP contribution in [0.1, 0.15) is 26.7 Å². The van der Waals surface area contributed by atoms with Crippen LogP contribution >= 0.6 is 0 Å². The zero-order chi connectivity index (χ0) is 12.9. The van der Waals surface area contributed by atoms with Crippen LogP contribution in [0.3, 0.4) is 0 Å². The molecule has 1 N–H and O–H groups in total. The van der Waals surface area contributed by atoms with Crippen LogP contribution in [-0.4, -0.2) is 44.9 Å². The van der Waals surface area contributed by atoms with Crippen LogP contribution in [0.25, 0.3) is 0 Å². The first-order valence-corrected chi connectivity index (χ1v) is 7.36. The first-order chi connectivity index (χ1) is 8.01. The Kier molecular flexibility index (Phi) is 5.35. The molecule has 1 saturated heterocycles. The van der Waals surface area contributed by atoms with Gasteiger partial charge in [0.1, 0.15) is 0 Å². The standard InChI is InChI=1S/C10H20N2O4S/c1-3-11-17(14,15)12-7-5-9(6-8-12)10(13)16-4-2/h9,11H,3-8H2,1-2H3. The summed E-state index contributed by atoms with van der Waals surface area (Å²) >= 11 is 0. The molecule has 0 aromatic rings. The molecule has 17 heavy (non-hydrogen) atoms. The lowest BCUT2D eigenvalue weighted by molar-refractivity contribution is -0.149. The summed E-state index contributed by atoms with van der Waals surface area (Å²) in [5.41, 5.74) is 0. The molecule has 1 heterocycles. The fourth-order valence-electron chi connectivity index (χ4n) is 1.87. The fraction of sp³-hybridized carbons (Fsp3) is 0.900. The smallest absolute Gasteiger partial charge is 0.309 e. The lowest BCUT2D eigenvalue weighted by Gasteiger charge is -2.29. The van der Waals surface area contributed by atoms with E-state index in [-0.39, 0.29) is 11.9 Å². The number of nitrogens with zero attached hydrogens (tertiary/aromatic N) is 1. The summed E-state index contributed by atoms with van der Waals surface area (Å²) in [6.07, 6.45) is 1.06. The van der Waals surface area contributed by atoms with Gasteiger partial charge in [-0.25, -0.2) is 4.72 Å². The van der Waals surface area contributed by atoms with Crippen molar-refractivity contribution < 1.29 is 17.9 Å². The van der Waals surface area contributed by atoms with E-state index in [9.17, 15) is 13.2 Å². The van der Waals surface area contributed by atoms with Crippen LogP contribution < -0.4 is 4.72 Å². The number of nitrogens with one attached hydrogen (secondary N) is 1. The van der Waals surface area contributed by atoms with Gasteiger partial charge < -0.3 is 4.74 Å². The van der Waals surface area contributed by atoms with Crippen LogP contribution in [-0.2, 0) is 19.7 Å². The molecule has 0 aliphatic carbocycles. The van der Waals surface area contributed by atoms with Crippen molar-refractivity contribution in [3.05, 3.63) is 0 Å². The Bertz CT molecular complexity index is 347. The maximum Gasteiger partial charge on any atom is 0.309 e. The van der Waals surface area contributed by atoms with Crippen LogP contribution in [0.5, 0.6) is 0 Å². The predicted octanol–water partition coefficient (Wildman–Crippen LogP) is 0.116. The molecule has 0 radical (unpaired) electrons. The van der Waals surface area contributed by atoms with Crippen molar-refractivity contribution in [1.29, 1.82) is 0 Å². The molecule has 0 unspecified atom stereocenters. The molecule has 0 atom stereocenters. The fourth-order valence-corrected chi connectivity index (χ4v) is 3.10. The molecule has 0 amide bonds. The summed E-state index contributed by atoms with van der Waals surface area (Å²) in [6.45, 7) is 5.00. The van der Waals surface area contributed by atoms with Crippen molar-refractivity contribution in [2.45, 2.75) is 26.7 Å². The lowest BCUT2D eigenvalue weighted by Crippen LogP contribution is -2.46. The average Bonchev–Trinajstić information content (AvgIpc) is 2.29. The van der Waals surface area contributed by atoms with Crippen molar-refractivity contribution in [3.8, 4) is 0 Å². The molecule has 1 rings (SSSR count). The monoisotopic (exact) mass is 264 g/mol. The summed E-state index contributed by atoms with van der Waals surface area (Å²) in [5.74, 6) is -0.379. The van der Waals surface area contributed by atoms with Crippen molar-refractivity contribution in [2.24, 2.45) is 5.92 Å². The predicted molar refractivity (Wildman–Crippen MR) is 63.5 cm³/mol. The third-order valence-electron chi connectivity index (χ3n) is 2.74. The zero-order valence-electron chi connectivity index (χ0n) is 10.3. The molecular weight excluding hydrogens is 244 g/mol. The second-order valence-electron chi connectivity index (χ2n) is 3.93.